The van der Waals surface area contributed by atoms with Crippen LogP contribution in [0.4, 0.5) is 0 Å². The molecule has 0 spiro atoms. The van der Waals surface area contributed by atoms with Crippen LogP contribution in [0.5, 0.6) is 0 Å². The van der Waals surface area contributed by atoms with Gasteiger partial charge in [-0.3, -0.25) is 0 Å². The highest BCUT2D eigenvalue weighted by Crippen LogP contribution is 2.26. The van der Waals surface area contributed by atoms with Crippen molar-refractivity contribution in [3.8, 4) is 0 Å². The highest BCUT2D eigenvalue weighted by Gasteiger charge is 2.23. The molecule has 0 aliphatic heterocycles. The Morgan fingerprint density at radius 1 is 1.46 bits per heavy atom. The fourth-order valence-electron chi connectivity index (χ4n) is 1.01. The summed E-state index contributed by atoms with van der Waals surface area (Å²) in [6.07, 6.45) is 4.31. The molecule has 0 aliphatic carbocycles. The molecule has 2 nitrogen and oxygen atoms in total. The van der Waals surface area contributed by atoms with E-state index in [2.05, 4.69) is 6.58 Å². The third kappa shape index (κ3) is 3.92. The number of hydrogen-bond acceptors (Lipinski definition) is 2. The highest BCUT2D eigenvalue weighted by molar-refractivity contribution is 5.89. The van der Waals surface area contributed by atoms with Gasteiger partial charge in [0.2, 0.25) is 0 Å². The van der Waals surface area contributed by atoms with Gasteiger partial charge in [-0.25, -0.2) is 4.79 Å². The molecule has 0 fully saturated rings. The van der Waals surface area contributed by atoms with Crippen LogP contribution in [0.3, 0.4) is 0 Å². The molecular formula is C11H18O2. The average molecular weight is 182 g/mol. The smallest absolute Gasteiger partial charge is 0.333 e. The van der Waals surface area contributed by atoms with E-state index in [4.69, 9.17) is 4.74 Å². The second kappa shape index (κ2) is 4.85. The fraction of sp³-hybridized carbons (Fsp3) is 0.545. The van der Waals surface area contributed by atoms with Crippen LogP contribution in [0.15, 0.2) is 24.3 Å². The lowest BCUT2D eigenvalue weighted by molar-refractivity contribution is -0.137. The van der Waals surface area contributed by atoms with Crippen molar-refractivity contribution in [3.05, 3.63) is 24.3 Å². The van der Waals surface area contributed by atoms with E-state index in [1.54, 1.807) is 6.08 Å². The van der Waals surface area contributed by atoms with E-state index in [1.165, 1.54) is 7.11 Å². The van der Waals surface area contributed by atoms with Crippen molar-refractivity contribution in [3.63, 3.8) is 0 Å². The predicted molar refractivity (Wildman–Crippen MR) is 54.4 cm³/mol. The lowest BCUT2D eigenvalue weighted by Gasteiger charge is -2.20. The molecule has 13 heavy (non-hydrogen) atoms. The molecule has 0 saturated carbocycles. The van der Waals surface area contributed by atoms with Gasteiger partial charge in [0.1, 0.15) is 0 Å². The summed E-state index contributed by atoms with van der Waals surface area (Å²) in [4.78, 5) is 11.3. The van der Waals surface area contributed by atoms with Crippen LogP contribution in [0.2, 0.25) is 0 Å². The number of esters is 1. The Kier molecular flexibility index (Phi) is 4.46. The molecule has 0 rings (SSSR count). The second-order valence-electron chi connectivity index (χ2n) is 3.88. The van der Waals surface area contributed by atoms with Crippen LogP contribution in [-0.2, 0) is 9.53 Å². The van der Waals surface area contributed by atoms with Gasteiger partial charge in [0, 0.05) is 5.57 Å². The summed E-state index contributed by atoms with van der Waals surface area (Å²) in [6, 6.07) is 0. The first kappa shape index (κ1) is 11.9. The summed E-state index contributed by atoms with van der Waals surface area (Å²) < 4.78 is 4.69. The molecule has 74 valence electrons. The Labute approximate surface area is 80.3 Å². The van der Waals surface area contributed by atoms with E-state index in [9.17, 15) is 4.79 Å². The molecule has 0 radical (unpaired) electrons. The van der Waals surface area contributed by atoms with Gasteiger partial charge >= 0.3 is 5.97 Å². The largest absolute Gasteiger partial charge is 0.466 e. The van der Waals surface area contributed by atoms with Gasteiger partial charge in [0.25, 0.3) is 0 Å². The maximum Gasteiger partial charge on any atom is 0.333 e. The lowest BCUT2D eigenvalue weighted by Crippen LogP contribution is -2.19. The Bertz CT molecular complexity index is 219. The first-order chi connectivity index (χ1) is 5.93. The Morgan fingerprint density at radius 2 is 2.00 bits per heavy atom. The first-order valence-electron chi connectivity index (χ1n) is 4.33. The molecule has 0 amide bonds. The van der Waals surface area contributed by atoms with Crippen molar-refractivity contribution >= 4 is 5.97 Å². The molecular weight excluding hydrogens is 164 g/mol. The molecule has 0 saturated heterocycles. The predicted octanol–water partition coefficient (Wildman–Crippen LogP) is 2.71. The summed E-state index contributed by atoms with van der Waals surface area (Å²) >= 11 is 0. The van der Waals surface area contributed by atoms with Gasteiger partial charge in [-0.15, -0.1) is 6.58 Å². The number of carbonyl (C=O) groups excluding carboxylic acids is 1. The fourth-order valence-corrected chi connectivity index (χ4v) is 1.01. The second-order valence-corrected chi connectivity index (χ2v) is 3.88. The van der Waals surface area contributed by atoms with E-state index < -0.39 is 0 Å². The van der Waals surface area contributed by atoms with Gasteiger partial charge in [-0.2, -0.15) is 0 Å². The molecule has 0 aromatic carbocycles. The van der Waals surface area contributed by atoms with Crippen LogP contribution in [0, 0.1) is 5.41 Å². The Balaban J connectivity index is 4.75. The number of hydrogen-bond donors (Lipinski definition) is 0. The molecule has 0 heterocycles. The minimum absolute atomic E-state index is 0.171. The molecule has 0 atom stereocenters. The van der Waals surface area contributed by atoms with Gasteiger partial charge < -0.3 is 4.74 Å². The van der Waals surface area contributed by atoms with E-state index in [-0.39, 0.29) is 11.4 Å². The molecule has 0 unspecified atom stereocenters. The molecule has 0 bridgehead atoms. The normalized spacial score (nSPS) is 12.5. The Hall–Kier alpha value is -1.05. The van der Waals surface area contributed by atoms with Crippen molar-refractivity contribution in [2.75, 3.05) is 7.11 Å². The number of allylic oxidation sites excluding steroid dienone is 2. The van der Waals surface area contributed by atoms with Crippen molar-refractivity contribution in [2.24, 2.45) is 5.41 Å². The zero-order chi connectivity index (χ0) is 10.5. The van der Waals surface area contributed by atoms with E-state index in [0.717, 1.165) is 0 Å². The van der Waals surface area contributed by atoms with E-state index in [1.807, 2.05) is 26.8 Å². The number of methoxy groups -OCH3 is 1. The van der Waals surface area contributed by atoms with Gasteiger partial charge in [-0.1, -0.05) is 32.9 Å². The minimum Gasteiger partial charge on any atom is -0.466 e. The van der Waals surface area contributed by atoms with Crippen LogP contribution < -0.4 is 0 Å². The minimum atomic E-state index is -0.255. The molecule has 0 aromatic heterocycles. The molecule has 0 aliphatic rings. The third-order valence-corrected chi connectivity index (χ3v) is 1.70. The summed E-state index contributed by atoms with van der Waals surface area (Å²) in [5, 5.41) is 0. The highest BCUT2D eigenvalue weighted by atomic mass is 16.5. The van der Waals surface area contributed by atoms with Crippen molar-refractivity contribution < 1.29 is 9.53 Å². The van der Waals surface area contributed by atoms with Gasteiger partial charge in [0.15, 0.2) is 0 Å². The molecule has 2 heteroatoms. The monoisotopic (exact) mass is 182 g/mol. The average Bonchev–Trinajstić information content (AvgIpc) is 2.02. The number of ether oxygens (including phenoxy) is 1. The standard InChI is InChI=1S/C11H18O2/c1-6-7-8-9(10(12)13-5)11(2,3)4/h6,8H,1,7H2,2-5H3. The van der Waals surface area contributed by atoms with Gasteiger partial charge in [0.05, 0.1) is 7.11 Å². The van der Waals surface area contributed by atoms with E-state index in [0.29, 0.717) is 12.0 Å². The van der Waals surface area contributed by atoms with Crippen LogP contribution in [0.1, 0.15) is 27.2 Å². The summed E-state index contributed by atoms with van der Waals surface area (Å²) in [7, 11) is 1.40. The zero-order valence-electron chi connectivity index (χ0n) is 8.89. The number of rotatable bonds is 3. The van der Waals surface area contributed by atoms with Crippen molar-refractivity contribution in [2.45, 2.75) is 27.2 Å². The molecule has 0 N–H and O–H groups in total. The van der Waals surface area contributed by atoms with Crippen molar-refractivity contribution in [1.82, 2.24) is 0 Å². The Morgan fingerprint density at radius 3 is 2.31 bits per heavy atom. The van der Waals surface area contributed by atoms with E-state index >= 15 is 0 Å². The summed E-state index contributed by atoms with van der Waals surface area (Å²) in [5.74, 6) is -0.255. The first-order valence-corrected chi connectivity index (χ1v) is 4.33. The quantitative estimate of drug-likeness (QED) is 0.381. The van der Waals surface area contributed by atoms with Crippen LogP contribution >= 0.6 is 0 Å². The summed E-state index contributed by atoms with van der Waals surface area (Å²) in [5.41, 5.74) is 0.533. The SMILES string of the molecule is C=CCC=C(C(=O)OC)C(C)(C)C. The van der Waals surface area contributed by atoms with Crippen LogP contribution in [0.25, 0.3) is 0 Å². The third-order valence-electron chi connectivity index (χ3n) is 1.70. The maximum atomic E-state index is 11.3. The number of carbonyl (C=O) groups is 1. The summed E-state index contributed by atoms with van der Waals surface area (Å²) in [6.45, 7) is 9.56. The van der Waals surface area contributed by atoms with Crippen molar-refractivity contribution in [1.29, 1.82) is 0 Å². The van der Waals surface area contributed by atoms with Gasteiger partial charge in [-0.05, 0) is 11.8 Å². The van der Waals surface area contributed by atoms with Crippen LogP contribution in [-0.4, -0.2) is 13.1 Å². The lowest BCUT2D eigenvalue weighted by atomic mass is 9.86. The zero-order valence-corrected chi connectivity index (χ0v) is 8.89. The molecule has 0 aromatic rings. The maximum absolute atomic E-state index is 11.3. The topological polar surface area (TPSA) is 26.3 Å².